The molecule has 60 heavy (non-hydrogen) atoms. The minimum atomic E-state index is -3.01. The number of nitrogens with one attached hydrogen (secondary N) is 2. The summed E-state index contributed by atoms with van der Waals surface area (Å²) in [4.78, 5) is 55.3. The molecule has 6 aromatic rings. The zero-order chi connectivity index (χ0) is 42.0. The largest absolute Gasteiger partial charge is 0.432 e. The van der Waals surface area contributed by atoms with Gasteiger partial charge < -0.3 is 30.2 Å². The first-order valence-electron chi connectivity index (χ1n) is 20.2. The van der Waals surface area contributed by atoms with Gasteiger partial charge in [0.25, 0.3) is 17.7 Å². The summed E-state index contributed by atoms with van der Waals surface area (Å²) in [5.74, 6) is -1.59. The van der Waals surface area contributed by atoms with Crippen molar-refractivity contribution in [1.29, 1.82) is 0 Å². The van der Waals surface area contributed by atoms with E-state index in [1.54, 1.807) is 52.0 Å². The van der Waals surface area contributed by atoms with Crippen LogP contribution in [-0.4, -0.2) is 63.6 Å². The number of carbonyl (C=O) groups is 3. The molecule has 5 aromatic carbocycles. The lowest BCUT2D eigenvalue weighted by Gasteiger charge is -2.32. The van der Waals surface area contributed by atoms with E-state index < -0.39 is 25.9 Å². The average Bonchev–Trinajstić information content (AvgIpc) is 3.91. The zero-order valence-corrected chi connectivity index (χ0v) is 34.7. The van der Waals surface area contributed by atoms with Crippen LogP contribution < -0.4 is 15.5 Å². The van der Waals surface area contributed by atoms with Gasteiger partial charge in [-0.3, -0.25) is 19.1 Å². The molecule has 3 heterocycles. The number of aromatic nitrogens is 3. The number of ether oxygens (including phenoxy) is 1. The van der Waals surface area contributed by atoms with Crippen LogP contribution in [0.15, 0.2) is 140 Å². The predicted molar refractivity (Wildman–Crippen MR) is 232 cm³/mol. The lowest BCUT2D eigenvalue weighted by atomic mass is 9.82. The normalized spacial score (nSPS) is 20.2. The molecular formula is C47H48N6O6Si. The Labute approximate surface area is 350 Å². The number of rotatable bonds is 13. The molecule has 2 aliphatic rings. The summed E-state index contributed by atoms with van der Waals surface area (Å²) in [5.41, 5.74) is 3.89. The maximum atomic E-state index is 15.3. The van der Waals surface area contributed by atoms with E-state index in [2.05, 4.69) is 20.9 Å². The molecule has 0 saturated carbocycles. The lowest BCUT2D eigenvalue weighted by Crippen LogP contribution is -2.46. The molecule has 13 heteroatoms. The SMILES string of the molecule is C[C@@H]1[C@@H]([Si](C)(C)O)[C@H](CCn2cc(C(CO)c3ccccc3)nn2)O[C@@]12C(=O)N(Cc1cccc(NC(=O)c3ccccc3)c1)c1ccc(NC(=O)c3ccccc3)cc12. The van der Waals surface area contributed by atoms with E-state index in [0.29, 0.717) is 52.4 Å². The van der Waals surface area contributed by atoms with Crippen LogP contribution in [0.2, 0.25) is 18.6 Å². The van der Waals surface area contributed by atoms with E-state index in [1.165, 1.54) is 0 Å². The van der Waals surface area contributed by atoms with Crippen LogP contribution >= 0.6 is 0 Å². The molecule has 0 aliphatic carbocycles. The van der Waals surface area contributed by atoms with Crippen molar-refractivity contribution in [1.82, 2.24) is 15.0 Å². The Morgan fingerprint density at radius 1 is 0.833 bits per heavy atom. The van der Waals surface area contributed by atoms with Gasteiger partial charge in [-0.25, -0.2) is 0 Å². The molecule has 1 unspecified atom stereocenters. The number of anilines is 3. The zero-order valence-electron chi connectivity index (χ0n) is 33.7. The van der Waals surface area contributed by atoms with Gasteiger partial charge in [-0.15, -0.1) is 5.10 Å². The Balaban J connectivity index is 1.11. The second-order valence-electron chi connectivity index (χ2n) is 16.2. The Morgan fingerprint density at radius 3 is 2.07 bits per heavy atom. The van der Waals surface area contributed by atoms with Gasteiger partial charge in [-0.05, 0) is 85.2 Å². The summed E-state index contributed by atoms with van der Waals surface area (Å²) >= 11 is 0. The maximum absolute atomic E-state index is 15.3. The molecule has 0 radical (unpaired) electrons. The van der Waals surface area contributed by atoms with Crippen LogP contribution in [-0.2, 0) is 28.2 Å². The van der Waals surface area contributed by atoms with Gasteiger partial charge in [-0.2, -0.15) is 0 Å². The van der Waals surface area contributed by atoms with E-state index >= 15 is 4.79 Å². The number of hydrogen-bond donors (Lipinski definition) is 4. The first-order chi connectivity index (χ1) is 29.0. The maximum Gasteiger partial charge on any atom is 0.264 e. The smallest absolute Gasteiger partial charge is 0.264 e. The van der Waals surface area contributed by atoms with Crippen molar-refractivity contribution in [3.05, 3.63) is 173 Å². The number of benzene rings is 5. The summed E-state index contributed by atoms with van der Waals surface area (Å²) in [7, 11) is -3.01. The second-order valence-corrected chi connectivity index (χ2v) is 20.1. The fourth-order valence-corrected chi connectivity index (χ4v) is 11.6. The molecule has 5 atom stereocenters. The molecule has 0 bridgehead atoms. The highest BCUT2D eigenvalue weighted by Crippen LogP contribution is 2.60. The fourth-order valence-electron chi connectivity index (χ4n) is 8.99. The highest BCUT2D eigenvalue weighted by atomic mass is 28.4. The number of aliphatic hydroxyl groups is 1. The van der Waals surface area contributed by atoms with Crippen molar-refractivity contribution >= 4 is 43.1 Å². The predicted octanol–water partition coefficient (Wildman–Crippen LogP) is 7.34. The van der Waals surface area contributed by atoms with E-state index in [4.69, 9.17) is 4.74 Å². The highest BCUT2D eigenvalue weighted by molar-refractivity contribution is 6.71. The second kappa shape index (κ2) is 16.8. The van der Waals surface area contributed by atoms with E-state index in [-0.39, 0.29) is 42.3 Å². The summed E-state index contributed by atoms with van der Waals surface area (Å²) in [5, 5.41) is 25.0. The molecule has 3 amide bonds. The first kappa shape index (κ1) is 40.5. The summed E-state index contributed by atoms with van der Waals surface area (Å²) < 4.78 is 8.84. The van der Waals surface area contributed by atoms with Crippen molar-refractivity contribution in [2.24, 2.45) is 5.92 Å². The number of amides is 3. The van der Waals surface area contributed by atoms with Gasteiger partial charge >= 0.3 is 0 Å². The Hall–Kier alpha value is -6.25. The number of carbonyl (C=O) groups excluding carboxylic acids is 3. The minimum Gasteiger partial charge on any atom is -0.432 e. The van der Waals surface area contributed by atoms with E-state index in [0.717, 1.165) is 11.1 Å². The number of fused-ring (bicyclic) bond motifs is 2. The van der Waals surface area contributed by atoms with E-state index in [9.17, 15) is 19.5 Å². The first-order valence-corrected chi connectivity index (χ1v) is 23.2. The Morgan fingerprint density at radius 2 is 1.45 bits per heavy atom. The third kappa shape index (κ3) is 7.92. The number of aliphatic hydroxyl groups excluding tert-OH is 1. The third-order valence-electron chi connectivity index (χ3n) is 11.8. The topological polar surface area (TPSA) is 159 Å². The number of nitrogens with zero attached hydrogens (tertiary/aromatic N) is 4. The molecule has 2 aliphatic heterocycles. The van der Waals surface area contributed by atoms with Crippen LogP contribution in [0, 0.1) is 5.92 Å². The van der Waals surface area contributed by atoms with Crippen molar-refractivity contribution in [3.63, 3.8) is 0 Å². The van der Waals surface area contributed by atoms with Crippen molar-refractivity contribution < 1.29 is 29.0 Å². The van der Waals surface area contributed by atoms with Gasteiger partial charge in [0, 0.05) is 52.3 Å². The molecule has 8 rings (SSSR count). The molecule has 12 nitrogen and oxygen atoms in total. The van der Waals surface area contributed by atoms with Crippen molar-refractivity contribution in [2.75, 3.05) is 22.1 Å². The molecular weight excluding hydrogens is 773 g/mol. The Bertz CT molecular complexity index is 2490. The highest BCUT2D eigenvalue weighted by Gasteiger charge is 2.66. The quantitative estimate of drug-likeness (QED) is 0.0882. The van der Waals surface area contributed by atoms with Crippen LogP contribution in [0.4, 0.5) is 17.1 Å². The summed E-state index contributed by atoms with van der Waals surface area (Å²) in [6, 6.07) is 40.4. The van der Waals surface area contributed by atoms with Crippen LogP contribution in [0.5, 0.6) is 0 Å². The third-order valence-corrected chi connectivity index (χ3v) is 14.3. The Kier molecular flexibility index (Phi) is 11.3. The molecule has 4 N–H and O–H groups in total. The molecule has 1 saturated heterocycles. The van der Waals surface area contributed by atoms with Crippen molar-refractivity contribution in [3.8, 4) is 0 Å². The standard InChI is InChI=1S/C47H48N6O6Si/c1-31-43(60(2,3)58)42(24-25-52-29-40(50-51-52)38(30-54)33-15-7-4-8-16-33)59-47(31)39-27-37(49-45(56)35-19-11-6-12-20-35)22-23-41(39)53(46(47)57)28-32-14-13-21-36(26-32)48-44(55)34-17-9-5-10-18-34/h4-23,26-27,29,31,38,42-43,54,58H,24-25,28,30H2,1-3H3,(H,48,55)(H,49,56)/t31-,38?,42+,43-,47+/m1/s1. The van der Waals surface area contributed by atoms with Gasteiger partial charge in [0.15, 0.2) is 13.9 Å². The van der Waals surface area contributed by atoms with Gasteiger partial charge in [0.2, 0.25) is 0 Å². The van der Waals surface area contributed by atoms with Crippen LogP contribution in [0.25, 0.3) is 0 Å². The average molecular weight is 821 g/mol. The summed E-state index contributed by atoms with van der Waals surface area (Å²) in [6.45, 7) is 6.19. The van der Waals surface area contributed by atoms with Gasteiger partial charge in [-0.1, -0.05) is 91.0 Å². The molecule has 306 valence electrons. The molecule has 1 spiro atoms. The van der Waals surface area contributed by atoms with E-state index in [1.807, 2.05) is 117 Å². The fraction of sp³-hybridized carbons (Fsp3) is 0.255. The van der Waals surface area contributed by atoms with Crippen LogP contribution in [0.1, 0.15) is 62.4 Å². The van der Waals surface area contributed by atoms with Gasteiger partial charge in [0.05, 0.1) is 36.6 Å². The minimum absolute atomic E-state index is 0.126. The molecule has 1 fully saturated rings. The van der Waals surface area contributed by atoms with Gasteiger partial charge in [0.1, 0.15) is 0 Å². The monoisotopic (exact) mass is 820 g/mol. The lowest BCUT2D eigenvalue weighted by molar-refractivity contribution is -0.146. The summed E-state index contributed by atoms with van der Waals surface area (Å²) in [6.07, 6.45) is 1.73. The van der Waals surface area contributed by atoms with Crippen LogP contribution in [0.3, 0.4) is 0 Å². The number of aryl methyl sites for hydroxylation is 1. The number of hydrogen-bond acceptors (Lipinski definition) is 8. The van der Waals surface area contributed by atoms with Crippen molar-refractivity contribution in [2.45, 2.75) is 62.7 Å². The molecule has 1 aromatic heterocycles.